The zero-order valence-electron chi connectivity index (χ0n) is 12.1. The molecule has 2 aromatic rings. The molecule has 0 saturated carbocycles. The fourth-order valence-corrected chi connectivity index (χ4v) is 2.19. The minimum Gasteiger partial charge on any atom is -0.334 e. The van der Waals surface area contributed by atoms with Crippen LogP contribution in [0.25, 0.3) is 11.0 Å². The van der Waals surface area contributed by atoms with Crippen molar-refractivity contribution in [2.24, 2.45) is 12.8 Å². The largest absolute Gasteiger partial charge is 0.334 e. The second-order valence-electron chi connectivity index (χ2n) is 5.95. The SMILES string of the molecule is Cn1cnc2cc(CNCCCC(C)(C)N)ccc21. The van der Waals surface area contributed by atoms with Crippen molar-refractivity contribution in [3.05, 3.63) is 30.1 Å². The summed E-state index contributed by atoms with van der Waals surface area (Å²) in [6.07, 6.45) is 4.00. The molecule has 0 aliphatic heterocycles. The van der Waals surface area contributed by atoms with E-state index in [4.69, 9.17) is 5.73 Å². The van der Waals surface area contributed by atoms with Crippen molar-refractivity contribution < 1.29 is 0 Å². The van der Waals surface area contributed by atoms with E-state index in [-0.39, 0.29) is 5.54 Å². The molecule has 0 unspecified atom stereocenters. The van der Waals surface area contributed by atoms with Gasteiger partial charge in [-0.3, -0.25) is 0 Å². The molecule has 1 aromatic carbocycles. The fraction of sp³-hybridized carbons (Fsp3) is 0.533. The van der Waals surface area contributed by atoms with Crippen molar-refractivity contribution >= 4 is 11.0 Å². The van der Waals surface area contributed by atoms with Crippen LogP contribution in [0.4, 0.5) is 0 Å². The Balaban J connectivity index is 1.82. The summed E-state index contributed by atoms with van der Waals surface area (Å²) in [7, 11) is 2.02. The van der Waals surface area contributed by atoms with Crippen LogP contribution in [-0.4, -0.2) is 21.6 Å². The highest BCUT2D eigenvalue weighted by molar-refractivity contribution is 5.75. The summed E-state index contributed by atoms with van der Waals surface area (Å²) in [5.41, 5.74) is 9.40. The van der Waals surface area contributed by atoms with Crippen LogP contribution in [0.2, 0.25) is 0 Å². The van der Waals surface area contributed by atoms with Crippen molar-refractivity contribution in [1.82, 2.24) is 14.9 Å². The molecular weight excluding hydrogens is 236 g/mol. The third-order valence-electron chi connectivity index (χ3n) is 3.29. The summed E-state index contributed by atoms with van der Waals surface area (Å²) in [4.78, 5) is 4.37. The number of nitrogens with two attached hydrogens (primary N) is 1. The van der Waals surface area contributed by atoms with Crippen molar-refractivity contribution in [2.75, 3.05) is 6.54 Å². The summed E-state index contributed by atoms with van der Waals surface area (Å²) in [5, 5.41) is 3.46. The molecule has 0 bridgehead atoms. The maximum atomic E-state index is 5.95. The van der Waals surface area contributed by atoms with Gasteiger partial charge < -0.3 is 15.6 Å². The van der Waals surface area contributed by atoms with Gasteiger partial charge in [0.05, 0.1) is 17.4 Å². The van der Waals surface area contributed by atoms with E-state index < -0.39 is 0 Å². The molecule has 0 radical (unpaired) electrons. The van der Waals surface area contributed by atoms with Crippen LogP contribution in [0.1, 0.15) is 32.3 Å². The maximum Gasteiger partial charge on any atom is 0.0955 e. The molecule has 0 spiro atoms. The number of aromatic nitrogens is 2. The van der Waals surface area contributed by atoms with Gasteiger partial charge in [-0.05, 0) is 50.9 Å². The van der Waals surface area contributed by atoms with Gasteiger partial charge in [0, 0.05) is 19.1 Å². The summed E-state index contributed by atoms with van der Waals surface area (Å²) < 4.78 is 2.04. The smallest absolute Gasteiger partial charge is 0.0955 e. The zero-order chi connectivity index (χ0) is 13.9. The minimum absolute atomic E-state index is 0.0610. The lowest BCUT2D eigenvalue weighted by Gasteiger charge is -2.17. The lowest BCUT2D eigenvalue weighted by Crippen LogP contribution is -2.32. The molecule has 0 aliphatic carbocycles. The van der Waals surface area contributed by atoms with E-state index >= 15 is 0 Å². The number of rotatable bonds is 6. The molecule has 0 aliphatic rings. The zero-order valence-corrected chi connectivity index (χ0v) is 12.1. The second kappa shape index (κ2) is 5.72. The summed E-state index contributed by atoms with van der Waals surface area (Å²) in [6.45, 7) is 6.03. The molecule has 1 aromatic heterocycles. The van der Waals surface area contributed by atoms with Crippen LogP contribution >= 0.6 is 0 Å². The molecule has 0 fully saturated rings. The number of imidazole rings is 1. The number of nitrogens with one attached hydrogen (secondary N) is 1. The molecule has 2 rings (SSSR count). The average molecular weight is 260 g/mol. The Morgan fingerprint density at radius 3 is 2.89 bits per heavy atom. The highest BCUT2D eigenvalue weighted by Gasteiger charge is 2.09. The maximum absolute atomic E-state index is 5.95. The molecule has 0 amide bonds. The molecule has 0 atom stereocenters. The van der Waals surface area contributed by atoms with Crippen LogP contribution in [-0.2, 0) is 13.6 Å². The van der Waals surface area contributed by atoms with Crippen LogP contribution in [0, 0.1) is 0 Å². The Morgan fingerprint density at radius 1 is 1.37 bits per heavy atom. The normalized spacial score (nSPS) is 12.2. The number of fused-ring (bicyclic) bond motifs is 1. The van der Waals surface area contributed by atoms with E-state index in [2.05, 4.69) is 42.3 Å². The third kappa shape index (κ3) is 4.04. The van der Waals surface area contributed by atoms with Crippen LogP contribution < -0.4 is 11.1 Å². The number of nitrogens with zero attached hydrogens (tertiary/aromatic N) is 2. The van der Waals surface area contributed by atoms with Gasteiger partial charge >= 0.3 is 0 Å². The van der Waals surface area contributed by atoms with Gasteiger partial charge in [0.1, 0.15) is 0 Å². The van der Waals surface area contributed by atoms with E-state index in [1.54, 1.807) is 0 Å². The van der Waals surface area contributed by atoms with Crippen LogP contribution in [0.3, 0.4) is 0 Å². The molecular formula is C15H24N4. The summed E-state index contributed by atoms with van der Waals surface area (Å²) in [5.74, 6) is 0. The van der Waals surface area contributed by atoms with E-state index in [0.717, 1.165) is 31.4 Å². The number of hydrogen-bond donors (Lipinski definition) is 2. The first kappa shape index (κ1) is 14.0. The summed E-state index contributed by atoms with van der Waals surface area (Å²) >= 11 is 0. The summed E-state index contributed by atoms with van der Waals surface area (Å²) in [6, 6.07) is 6.43. The Labute approximate surface area is 115 Å². The standard InChI is InChI=1S/C15H24N4/c1-15(2,16)7-4-8-17-10-12-5-6-14-13(9-12)18-11-19(14)3/h5-6,9,11,17H,4,7-8,10,16H2,1-3H3. The Kier molecular flexibility index (Phi) is 4.22. The Morgan fingerprint density at radius 2 is 2.16 bits per heavy atom. The molecule has 4 nitrogen and oxygen atoms in total. The quantitative estimate of drug-likeness (QED) is 0.783. The molecule has 19 heavy (non-hydrogen) atoms. The van der Waals surface area contributed by atoms with Crippen molar-refractivity contribution in [3.8, 4) is 0 Å². The van der Waals surface area contributed by atoms with Crippen molar-refractivity contribution in [2.45, 2.75) is 38.8 Å². The first-order chi connectivity index (χ1) is 8.96. The van der Waals surface area contributed by atoms with Gasteiger partial charge in [-0.15, -0.1) is 0 Å². The van der Waals surface area contributed by atoms with Crippen molar-refractivity contribution in [1.29, 1.82) is 0 Å². The van der Waals surface area contributed by atoms with Gasteiger partial charge in [-0.25, -0.2) is 4.98 Å². The highest BCUT2D eigenvalue weighted by Crippen LogP contribution is 2.13. The number of aryl methyl sites for hydroxylation is 1. The first-order valence-electron chi connectivity index (χ1n) is 6.85. The van der Waals surface area contributed by atoms with E-state index in [1.807, 2.05) is 17.9 Å². The lowest BCUT2D eigenvalue weighted by molar-refractivity contribution is 0.448. The molecule has 1 heterocycles. The molecule has 0 saturated heterocycles. The predicted molar refractivity (Wildman–Crippen MR) is 79.9 cm³/mol. The van der Waals surface area contributed by atoms with Gasteiger partial charge in [-0.2, -0.15) is 0 Å². The first-order valence-corrected chi connectivity index (χ1v) is 6.85. The van der Waals surface area contributed by atoms with Gasteiger partial charge in [-0.1, -0.05) is 6.07 Å². The highest BCUT2D eigenvalue weighted by atomic mass is 15.0. The second-order valence-corrected chi connectivity index (χ2v) is 5.95. The third-order valence-corrected chi connectivity index (χ3v) is 3.29. The Bertz CT molecular complexity index is 537. The van der Waals surface area contributed by atoms with Crippen LogP contribution in [0.5, 0.6) is 0 Å². The number of hydrogen-bond acceptors (Lipinski definition) is 3. The average Bonchev–Trinajstić information content (AvgIpc) is 2.69. The topological polar surface area (TPSA) is 55.9 Å². The van der Waals surface area contributed by atoms with E-state index in [1.165, 1.54) is 11.1 Å². The fourth-order valence-electron chi connectivity index (χ4n) is 2.19. The molecule has 104 valence electrons. The van der Waals surface area contributed by atoms with Crippen molar-refractivity contribution in [3.63, 3.8) is 0 Å². The lowest BCUT2D eigenvalue weighted by atomic mass is 10.0. The monoisotopic (exact) mass is 260 g/mol. The minimum atomic E-state index is -0.0610. The van der Waals surface area contributed by atoms with E-state index in [0.29, 0.717) is 0 Å². The predicted octanol–water partition coefficient (Wildman–Crippen LogP) is 2.18. The number of benzene rings is 1. The van der Waals surface area contributed by atoms with Gasteiger partial charge in [0.15, 0.2) is 0 Å². The molecule has 3 N–H and O–H groups in total. The Hall–Kier alpha value is -1.39. The van der Waals surface area contributed by atoms with Gasteiger partial charge in [0.25, 0.3) is 0 Å². The van der Waals surface area contributed by atoms with Gasteiger partial charge in [0.2, 0.25) is 0 Å². The van der Waals surface area contributed by atoms with Crippen LogP contribution in [0.15, 0.2) is 24.5 Å². The van der Waals surface area contributed by atoms with E-state index in [9.17, 15) is 0 Å². The molecule has 4 heteroatoms.